The van der Waals surface area contributed by atoms with Crippen molar-refractivity contribution in [2.24, 2.45) is 0 Å². The summed E-state index contributed by atoms with van der Waals surface area (Å²) in [6, 6.07) is 0.246. The Morgan fingerprint density at radius 2 is 2.04 bits per heavy atom. The zero-order valence-corrected chi connectivity index (χ0v) is 15.8. The van der Waals surface area contributed by atoms with Gasteiger partial charge in [0, 0.05) is 32.2 Å². The highest BCUT2D eigenvalue weighted by Gasteiger charge is 2.29. The molecule has 7 nitrogen and oxygen atoms in total. The van der Waals surface area contributed by atoms with Crippen molar-refractivity contribution in [1.29, 1.82) is 0 Å². The van der Waals surface area contributed by atoms with E-state index in [9.17, 15) is 13.2 Å². The van der Waals surface area contributed by atoms with Crippen LogP contribution in [0.5, 0.6) is 0 Å². The smallest absolute Gasteiger partial charge is 0.410 e. The fourth-order valence-electron chi connectivity index (χ4n) is 2.54. The van der Waals surface area contributed by atoms with Crippen molar-refractivity contribution in [2.75, 3.05) is 39.0 Å². The SMILES string of the molecule is CCN(CCCNC1CCN(C(=O)OC(C)(C)C)C1)S(C)(=O)=O. The lowest BCUT2D eigenvalue weighted by molar-refractivity contribution is 0.0291. The van der Waals surface area contributed by atoms with Crippen LogP contribution in [0.4, 0.5) is 4.79 Å². The number of hydrogen-bond donors (Lipinski definition) is 1. The van der Waals surface area contributed by atoms with E-state index >= 15 is 0 Å². The van der Waals surface area contributed by atoms with Gasteiger partial charge in [-0.05, 0) is 40.2 Å². The topological polar surface area (TPSA) is 79.0 Å². The molecule has 136 valence electrons. The summed E-state index contributed by atoms with van der Waals surface area (Å²) in [6.45, 7) is 10.5. The fraction of sp³-hybridized carbons (Fsp3) is 0.933. The molecule has 1 saturated heterocycles. The molecule has 1 heterocycles. The van der Waals surface area contributed by atoms with E-state index in [-0.39, 0.29) is 12.1 Å². The third kappa shape index (κ3) is 7.50. The van der Waals surface area contributed by atoms with Gasteiger partial charge in [-0.25, -0.2) is 17.5 Å². The number of nitrogens with one attached hydrogen (secondary N) is 1. The summed E-state index contributed by atoms with van der Waals surface area (Å²) in [6.07, 6.45) is 2.61. The second kappa shape index (κ2) is 8.30. The molecule has 1 amide bonds. The maximum Gasteiger partial charge on any atom is 0.410 e. The average Bonchev–Trinajstić information content (AvgIpc) is 2.84. The molecule has 1 rings (SSSR count). The second-order valence-electron chi connectivity index (χ2n) is 6.97. The maximum atomic E-state index is 12.0. The molecule has 1 N–H and O–H groups in total. The van der Waals surface area contributed by atoms with Crippen LogP contribution in [0.2, 0.25) is 0 Å². The van der Waals surface area contributed by atoms with E-state index in [1.807, 2.05) is 27.7 Å². The van der Waals surface area contributed by atoms with Crippen molar-refractivity contribution in [3.05, 3.63) is 0 Å². The standard InChI is InChI=1S/C15H31N3O4S/c1-6-18(23(5,20)21)10-7-9-16-13-8-11-17(12-13)14(19)22-15(2,3)4/h13,16H,6-12H2,1-5H3. The Kier molecular flexibility index (Phi) is 7.29. The first-order valence-corrected chi connectivity index (χ1v) is 10.0. The molecule has 0 bridgehead atoms. The van der Waals surface area contributed by atoms with Gasteiger partial charge in [-0.1, -0.05) is 6.92 Å². The Morgan fingerprint density at radius 1 is 1.39 bits per heavy atom. The van der Waals surface area contributed by atoms with Crippen molar-refractivity contribution in [3.63, 3.8) is 0 Å². The van der Waals surface area contributed by atoms with Crippen molar-refractivity contribution < 1.29 is 17.9 Å². The van der Waals surface area contributed by atoms with Gasteiger partial charge in [0.05, 0.1) is 6.26 Å². The summed E-state index contributed by atoms with van der Waals surface area (Å²) in [5, 5.41) is 3.39. The van der Waals surface area contributed by atoms with Crippen LogP contribution in [0.1, 0.15) is 40.5 Å². The first-order chi connectivity index (χ1) is 10.5. The van der Waals surface area contributed by atoms with Crippen molar-refractivity contribution >= 4 is 16.1 Å². The van der Waals surface area contributed by atoms with Gasteiger partial charge in [-0.15, -0.1) is 0 Å². The third-order valence-electron chi connectivity index (χ3n) is 3.68. The normalized spacial score (nSPS) is 19.4. The molecule has 0 aromatic carbocycles. The van der Waals surface area contributed by atoms with E-state index in [1.54, 1.807) is 4.90 Å². The molecular formula is C15H31N3O4S. The average molecular weight is 349 g/mol. The zero-order valence-electron chi connectivity index (χ0n) is 15.0. The molecule has 1 aliphatic rings. The van der Waals surface area contributed by atoms with Crippen LogP contribution >= 0.6 is 0 Å². The van der Waals surface area contributed by atoms with Gasteiger partial charge in [0.2, 0.25) is 10.0 Å². The summed E-state index contributed by atoms with van der Waals surface area (Å²) in [4.78, 5) is 13.7. The molecule has 1 unspecified atom stereocenters. The monoisotopic (exact) mass is 349 g/mol. The Bertz CT molecular complexity index is 487. The number of amides is 1. The number of likely N-dealkylation sites (tertiary alicyclic amines) is 1. The van der Waals surface area contributed by atoms with E-state index in [0.29, 0.717) is 26.2 Å². The summed E-state index contributed by atoms with van der Waals surface area (Å²) >= 11 is 0. The minimum Gasteiger partial charge on any atom is -0.444 e. The lowest BCUT2D eigenvalue weighted by Crippen LogP contribution is -2.39. The molecular weight excluding hydrogens is 318 g/mol. The van der Waals surface area contributed by atoms with Crippen LogP contribution in [0.3, 0.4) is 0 Å². The van der Waals surface area contributed by atoms with Crippen LogP contribution in [0, 0.1) is 0 Å². The van der Waals surface area contributed by atoms with E-state index < -0.39 is 15.6 Å². The molecule has 0 saturated carbocycles. The summed E-state index contributed by atoms with van der Waals surface area (Å²) in [5.41, 5.74) is -0.474. The largest absolute Gasteiger partial charge is 0.444 e. The van der Waals surface area contributed by atoms with Gasteiger partial charge < -0.3 is 15.0 Å². The minimum absolute atomic E-state index is 0.246. The Hall–Kier alpha value is -0.860. The predicted octanol–water partition coefficient (Wildman–Crippen LogP) is 1.26. The van der Waals surface area contributed by atoms with Gasteiger partial charge in [0.1, 0.15) is 5.60 Å². The van der Waals surface area contributed by atoms with Gasteiger partial charge in [-0.3, -0.25) is 0 Å². The number of carbonyl (C=O) groups is 1. The number of carbonyl (C=O) groups excluding carboxylic acids is 1. The fourth-order valence-corrected chi connectivity index (χ4v) is 3.47. The van der Waals surface area contributed by atoms with Crippen LogP contribution < -0.4 is 5.32 Å². The Balaban J connectivity index is 2.27. The van der Waals surface area contributed by atoms with Gasteiger partial charge in [0.25, 0.3) is 0 Å². The molecule has 0 aliphatic carbocycles. The number of rotatable bonds is 7. The summed E-state index contributed by atoms with van der Waals surface area (Å²) < 4.78 is 29.8. The van der Waals surface area contributed by atoms with E-state index in [2.05, 4.69) is 5.32 Å². The number of ether oxygens (including phenoxy) is 1. The molecule has 0 aromatic heterocycles. The van der Waals surface area contributed by atoms with Crippen molar-refractivity contribution in [1.82, 2.24) is 14.5 Å². The highest BCUT2D eigenvalue weighted by atomic mass is 32.2. The first-order valence-electron chi connectivity index (χ1n) is 8.19. The lowest BCUT2D eigenvalue weighted by atomic mass is 10.2. The molecule has 1 aliphatic heterocycles. The maximum absolute atomic E-state index is 12.0. The highest BCUT2D eigenvalue weighted by molar-refractivity contribution is 7.88. The highest BCUT2D eigenvalue weighted by Crippen LogP contribution is 2.15. The molecule has 23 heavy (non-hydrogen) atoms. The minimum atomic E-state index is -3.12. The first kappa shape index (κ1) is 20.2. The molecule has 1 fully saturated rings. The van der Waals surface area contributed by atoms with E-state index in [1.165, 1.54) is 10.6 Å². The summed E-state index contributed by atoms with van der Waals surface area (Å²) in [7, 11) is -3.12. The van der Waals surface area contributed by atoms with Crippen molar-refractivity contribution in [2.45, 2.75) is 52.2 Å². The van der Waals surface area contributed by atoms with Crippen molar-refractivity contribution in [3.8, 4) is 0 Å². The zero-order chi connectivity index (χ0) is 17.7. The van der Waals surface area contributed by atoms with Gasteiger partial charge in [0.15, 0.2) is 0 Å². The molecule has 8 heteroatoms. The molecule has 0 spiro atoms. The van der Waals surface area contributed by atoms with Gasteiger partial charge in [-0.2, -0.15) is 0 Å². The summed E-state index contributed by atoms with van der Waals surface area (Å²) in [5.74, 6) is 0. The predicted molar refractivity (Wildman–Crippen MR) is 90.9 cm³/mol. The van der Waals surface area contributed by atoms with Crippen LogP contribution in [0.15, 0.2) is 0 Å². The number of hydrogen-bond acceptors (Lipinski definition) is 5. The molecule has 0 radical (unpaired) electrons. The van der Waals surface area contributed by atoms with Crippen LogP contribution in [0.25, 0.3) is 0 Å². The van der Waals surface area contributed by atoms with Crippen LogP contribution in [-0.2, 0) is 14.8 Å². The third-order valence-corrected chi connectivity index (χ3v) is 5.06. The quantitative estimate of drug-likeness (QED) is 0.700. The van der Waals surface area contributed by atoms with Crippen LogP contribution in [-0.4, -0.2) is 74.3 Å². The molecule has 1 atom stereocenters. The molecule has 0 aromatic rings. The van der Waals surface area contributed by atoms with E-state index in [4.69, 9.17) is 4.74 Å². The Labute approximate surface area is 140 Å². The van der Waals surface area contributed by atoms with Gasteiger partial charge >= 0.3 is 6.09 Å². The number of nitrogens with zero attached hydrogens (tertiary/aromatic N) is 2. The lowest BCUT2D eigenvalue weighted by Gasteiger charge is -2.24. The number of sulfonamides is 1. The second-order valence-corrected chi connectivity index (χ2v) is 8.96. The van der Waals surface area contributed by atoms with E-state index in [0.717, 1.165) is 19.4 Å². The Morgan fingerprint density at radius 3 is 2.57 bits per heavy atom.